The molecule has 4 rings (SSSR count). The first-order chi connectivity index (χ1) is 16.0. The number of benzene rings is 3. The Morgan fingerprint density at radius 3 is 2.39 bits per heavy atom. The van der Waals surface area contributed by atoms with Crippen molar-refractivity contribution >= 4 is 34.7 Å². The molecule has 1 saturated heterocycles. The molecule has 0 aromatic heterocycles. The number of Topliss-reactive ketones (excluding diaryl/α,β-unsaturated/α-hetero) is 1. The lowest BCUT2D eigenvalue weighted by Gasteiger charge is -2.26. The molecule has 1 N–H and O–H groups in total. The van der Waals surface area contributed by atoms with E-state index in [4.69, 9.17) is 21.1 Å². The number of anilines is 1. The molecule has 1 unspecified atom stereocenters. The standard InChI is InChI=1S/C26H22ClNO5/c1-3-33-21-15-17(13-14-18(21)27)24(29)22-23(16-9-5-4-6-10-16)28(26(31)25(22)30)19-11-7-8-12-20(19)32-2/h4-15,23,29H,3H2,1-2H3/b24-22-. The highest BCUT2D eigenvalue weighted by Gasteiger charge is 2.47. The maximum Gasteiger partial charge on any atom is 0.300 e. The number of para-hydroxylation sites is 2. The van der Waals surface area contributed by atoms with E-state index in [1.807, 2.05) is 25.1 Å². The van der Waals surface area contributed by atoms with Crippen molar-refractivity contribution in [3.63, 3.8) is 0 Å². The zero-order valence-electron chi connectivity index (χ0n) is 18.1. The van der Waals surface area contributed by atoms with Crippen molar-refractivity contribution in [1.82, 2.24) is 0 Å². The van der Waals surface area contributed by atoms with Crippen LogP contribution in [0.2, 0.25) is 5.02 Å². The number of aliphatic hydroxyl groups is 1. The smallest absolute Gasteiger partial charge is 0.300 e. The van der Waals surface area contributed by atoms with Crippen LogP contribution in [-0.4, -0.2) is 30.5 Å². The fourth-order valence-corrected chi connectivity index (χ4v) is 4.10. The number of amides is 1. The van der Waals surface area contributed by atoms with Crippen molar-refractivity contribution in [1.29, 1.82) is 0 Å². The largest absolute Gasteiger partial charge is 0.507 e. The third-order valence-electron chi connectivity index (χ3n) is 5.41. The summed E-state index contributed by atoms with van der Waals surface area (Å²) < 4.78 is 11.0. The zero-order chi connectivity index (χ0) is 23.5. The molecule has 1 atom stereocenters. The number of hydrogen-bond donors (Lipinski definition) is 1. The molecule has 0 radical (unpaired) electrons. The van der Waals surface area contributed by atoms with Gasteiger partial charge in [0.25, 0.3) is 11.7 Å². The Bertz CT molecular complexity index is 1240. The number of hydrogen-bond acceptors (Lipinski definition) is 5. The maximum atomic E-state index is 13.3. The number of carbonyl (C=O) groups excluding carboxylic acids is 2. The molecule has 6 nitrogen and oxygen atoms in total. The Kier molecular flexibility index (Phi) is 6.38. The van der Waals surface area contributed by atoms with Gasteiger partial charge < -0.3 is 14.6 Å². The number of rotatable bonds is 6. The maximum absolute atomic E-state index is 13.3. The van der Waals surface area contributed by atoms with Crippen molar-refractivity contribution in [2.45, 2.75) is 13.0 Å². The number of methoxy groups -OCH3 is 1. The second-order valence-corrected chi connectivity index (χ2v) is 7.74. The van der Waals surface area contributed by atoms with Crippen molar-refractivity contribution in [2.24, 2.45) is 0 Å². The molecule has 33 heavy (non-hydrogen) atoms. The first-order valence-corrected chi connectivity index (χ1v) is 10.8. The lowest BCUT2D eigenvalue weighted by molar-refractivity contribution is -0.132. The van der Waals surface area contributed by atoms with E-state index < -0.39 is 17.7 Å². The number of halogens is 1. The highest BCUT2D eigenvalue weighted by Crippen LogP contribution is 2.45. The van der Waals surface area contributed by atoms with Crippen LogP contribution in [-0.2, 0) is 9.59 Å². The number of ketones is 1. The summed E-state index contributed by atoms with van der Waals surface area (Å²) in [6.45, 7) is 2.20. The minimum Gasteiger partial charge on any atom is -0.507 e. The summed E-state index contributed by atoms with van der Waals surface area (Å²) in [6, 6.07) is 19.9. The van der Waals surface area contributed by atoms with Gasteiger partial charge in [-0.3, -0.25) is 14.5 Å². The molecule has 1 aliphatic rings. The molecule has 3 aromatic rings. The Hall–Kier alpha value is -3.77. The molecule has 0 bridgehead atoms. The van der Waals surface area contributed by atoms with E-state index in [0.717, 1.165) is 0 Å². The topological polar surface area (TPSA) is 76.1 Å². The average Bonchev–Trinajstić information content (AvgIpc) is 3.11. The summed E-state index contributed by atoms with van der Waals surface area (Å²) in [5, 5.41) is 11.6. The van der Waals surface area contributed by atoms with E-state index >= 15 is 0 Å². The fraction of sp³-hybridized carbons (Fsp3) is 0.154. The van der Waals surface area contributed by atoms with E-state index in [1.54, 1.807) is 54.6 Å². The number of aliphatic hydroxyl groups excluding tert-OH is 1. The van der Waals surface area contributed by atoms with Crippen LogP contribution in [0.5, 0.6) is 11.5 Å². The zero-order valence-corrected chi connectivity index (χ0v) is 18.9. The van der Waals surface area contributed by atoms with E-state index in [-0.39, 0.29) is 11.3 Å². The van der Waals surface area contributed by atoms with Gasteiger partial charge in [0.1, 0.15) is 17.3 Å². The molecular formula is C26H22ClNO5. The van der Waals surface area contributed by atoms with E-state index in [2.05, 4.69) is 0 Å². The number of carbonyl (C=O) groups is 2. The molecule has 1 amide bonds. The second kappa shape index (κ2) is 9.38. The van der Waals surface area contributed by atoms with Gasteiger partial charge in [-0.05, 0) is 42.8 Å². The third-order valence-corrected chi connectivity index (χ3v) is 5.72. The Balaban J connectivity index is 1.94. The Morgan fingerprint density at radius 2 is 1.70 bits per heavy atom. The SMILES string of the molecule is CCOc1cc(/C(O)=C2/C(=O)C(=O)N(c3ccccc3OC)C2c2ccccc2)ccc1Cl. The van der Waals surface area contributed by atoms with Gasteiger partial charge >= 0.3 is 0 Å². The van der Waals surface area contributed by atoms with E-state index in [0.29, 0.717) is 39.9 Å². The summed E-state index contributed by atoms with van der Waals surface area (Å²) in [4.78, 5) is 27.9. The van der Waals surface area contributed by atoms with Crippen LogP contribution in [0.15, 0.2) is 78.4 Å². The Labute approximate surface area is 196 Å². The van der Waals surface area contributed by atoms with Gasteiger partial charge in [0.05, 0.1) is 36.0 Å². The van der Waals surface area contributed by atoms with Gasteiger partial charge in [0.15, 0.2) is 0 Å². The van der Waals surface area contributed by atoms with Gasteiger partial charge in [0.2, 0.25) is 0 Å². The summed E-state index contributed by atoms with van der Waals surface area (Å²) >= 11 is 6.19. The molecule has 168 valence electrons. The molecule has 7 heteroatoms. The van der Waals surface area contributed by atoms with Gasteiger partial charge in [-0.1, -0.05) is 54.1 Å². The number of ether oxygens (including phenoxy) is 2. The minimum absolute atomic E-state index is 0.0260. The van der Waals surface area contributed by atoms with E-state index in [1.165, 1.54) is 12.0 Å². The summed E-state index contributed by atoms with van der Waals surface area (Å²) in [5.74, 6) is -1.05. The van der Waals surface area contributed by atoms with Crippen LogP contribution in [0.25, 0.3) is 5.76 Å². The van der Waals surface area contributed by atoms with Crippen molar-refractivity contribution in [3.8, 4) is 11.5 Å². The monoisotopic (exact) mass is 463 g/mol. The summed E-state index contributed by atoms with van der Waals surface area (Å²) in [7, 11) is 1.50. The molecule has 3 aromatic carbocycles. The molecule has 1 aliphatic heterocycles. The lowest BCUT2D eigenvalue weighted by atomic mass is 9.95. The summed E-state index contributed by atoms with van der Waals surface area (Å²) in [6.07, 6.45) is 0. The van der Waals surface area contributed by atoms with Crippen LogP contribution in [0.1, 0.15) is 24.1 Å². The first kappa shape index (κ1) is 22.4. The van der Waals surface area contributed by atoms with Crippen molar-refractivity contribution in [2.75, 3.05) is 18.6 Å². The van der Waals surface area contributed by atoms with Crippen LogP contribution < -0.4 is 14.4 Å². The van der Waals surface area contributed by atoms with Gasteiger partial charge in [-0.25, -0.2) is 0 Å². The highest BCUT2D eigenvalue weighted by atomic mass is 35.5. The second-order valence-electron chi connectivity index (χ2n) is 7.33. The van der Waals surface area contributed by atoms with Crippen LogP contribution in [0.4, 0.5) is 5.69 Å². The molecular weight excluding hydrogens is 442 g/mol. The molecule has 1 fully saturated rings. The molecule has 1 heterocycles. The molecule has 0 spiro atoms. The quantitative estimate of drug-likeness (QED) is 0.302. The first-order valence-electron chi connectivity index (χ1n) is 10.4. The molecule has 0 saturated carbocycles. The van der Waals surface area contributed by atoms with Crippen LogP contribution in [0, 0.1) is 0 Å². The minimum atomic E-state index is -0.853. The van der Waals surface area contributed by atoms with Crippen molar-refractivity contribution in [3.05, 3.63) is 94.5 Å². The van der Waals surface area contributed by atoms with Gasteiger partial charge in [-0.2, -0.15) is 0 Å². The average molecular weight is 464 g/mol. The van der Waals surface area contributed by atoms with Crippen LogP contribution in [0.3, 0.4) is 0 Å². The lowest BCUT2D eigenvalue weighted by Crippen LogP contribution is -2.29. The third kappa shape index (κ3) is 4.05. The van der Waals surface area contributed by atoms with Gasteiger partial charge in [0, 0.05) is 5.56 Å². The predicted octanol–water partition coefficient (Wildman–Crippen LogP) is 5.37. The van der Waals surface area contributed by atoms with E-state index in [9.17, 15) is 14.7 Å². The number of nitrogens with zero attached hydrogens (tertiary/aromatic N) is 1. The van der Waals surface area contributed by atoms with Crippen LogP contribution >= 0.6 is 11.6 Å². The summed E-state index contributed by atoms with van der Waals surface area (Å²) in [5.41, 5.74) is 1.40. The Morgan fingerprint density at radius 1 is 1.00 bits per heavy atom. The van der Waals surface area contributed by atoms with Crippen molar-refractivity contribution < 1.29 is 24.2 Å². The molecule has 0 aliphatic carbocycles. The van der Waals surface area contributed by atoms with Gasteiger partial charge in [-0.15, -0.1) is 0 Å². The fourth-order valence-electron chi connectivity index (χ4n) is 3.93. The predicted molar refractivity (Wildman–Crippen MR) is 127 cm³/mol. The normalized spacial score (nSPS) is 17.3. The highest BCUT2D eigenvalue weighted by molar-refractivity contribution is 6.52.